The number of aryl methyl sites for hydroxylation is 1. The summed E-state index contributed by atoms with van der Waals surface area (Å²) < 4.78 is 19.5. The minimum absolute atomic E-state index is 0.271. The van der Waals surface area contributed by atoms with Crippen LogP contribution < -0.4 is 10.1 Å². The van der Waals surface area contributed by atoms with Gasteiger partial charge in [0.25, 0.3) is 5.91 Å². The van der Waals surface area contributed by atoms with Crippen LogP contribution in [-0.4, -0.2) is 12.0 Å². The highest BCUT2D eigenvalue weighted by molar-refractivity contribution is 6.04. The van der Waals surface area contributed by atoms with E-state index in [0.717, 1.165) is 18.6 Å². The van der Waals surface area contributed by atoms with Gasteiger partial charge in [-0.3, -0.25) is 4.79 Å². The third-order valence-electron chi connectivity index (χ3n) is 4.13. The number of carbonyl (C=O) groups is 1. The molecule has 120 valence electrons. The van der Waals surface area contributed by atoms with E-state index in [1.165, 1.54) is 18.9 Å². The molecule has 1 N–H and O–H groups in total. The van der Waals surface area contributed by atoms with Crippen LogP contribution in [-0.2, 0) is 0 Å². The molecule has 0 aliphatic heterocycles. The molecule has 0 saturated heterocycles. The Morgan fingerprint density at radius 1 is 1.17 bits per heavy atom. The second-order valence-corrected chi connectivity index (χ2v) is 5.97. The van der Waals surface area contributed by atoms with E-state index in [-0.39, 0.29) is 17.8 Å². The predicted octanol–water partition coefficient (Wildman–Crippen LogP) is 4.71. The molecular weight excluding hydrogens is 293 g/mol. The van der Waals surface area contributed by atoms with Crippen molar-refractivity contribution in [3.63, 3.8) is 0 Å². The normalized spacial score (nSPS) is 14.7. The topological polar surface area (TPSA) is 38.3 Å². The van der Waals surface area contributed by atoms with E-state index in [2.05, 4.69) is 5.32 Å². The van der Waals surface area contributed by atoms with Crippen molar-refractivity contribution >= 4 is 11.6 Å². The first-order valence-corrected chi connectivity index (χ1v) is 7.96. The first-order chi connectivity index (χ1) is 11.1. The van der Waals surface area contributed by atoms with Crippen LogP contribution in [0.25, 0.3) is 0 Å². The third-order valence-corrected chi connectivity index (χ3v) is 4.13. The molecule has 0 spiro atoms. The number of benzene rings is 2. The fourth-order valence-corrected chi connectivity index (χ4v) is 2.78. The number of hydrogen-bond donors (Lipinski definition) is 1. The van der Waals surface area contributed by atoms with E-state index < -0.39 is 0 Å². The van der Waals surface area contributed by atoms with Crippen molar-refractivity contribution in [2.75, 3.05) is 5.32 Å². The smallest absolute Gasteiger partial charge is 0.255 e. The number of rotatable bonds is 4. The Morgan fingerprint density at radius 2 is 1.96 bits per heavy atom. The van der Waals surface area contributed by atoms with Gasteiger partial charge in [-0.05, 0) is 62.4 Å². The van der Waals surface area contributed by atoms with E-state index in [1.54, 1.807) is 31.2 Å². The number of amides is 1. The maximum absolute atomic E-state index is 13.6. The monoisotopic (exact) mass is 313 g/mol. The number of halogens is 1. The summed E-state index contributed by atoms with van der Waals surface area (Å²) >= 11 is 0. The standard InChI is InChI=1S/C19H20FNO2/c1-13-9-10-14(11-18(13)20)19(22)21-15-5-4-8-17(12-15)23-16-6-2-3-7-16/h4-5,8-12,16H,2-3,6-7H2,1H3,(H,21,22). The van der Waals surface area contributed by atoms with E-state index in [4.69, 9.17) is 4.74 Å². The molecule has 1 aliphatic carbocycles. The second-order valence-electron chi connectivity index (χ2n) is 5.97. The van der Waals surface area contributed by atoms with Gasteiger partial charge >= 0.3 is 0 Å². The molecule has 3 rings (SSSR count). The Balaban J connectivity index is 1.69. The summed E-state index contributed by atoms with van der Waals surface area (Å²) in [6.07, 6.45) is 4.85. The lowest BCUT2D eigenvalue weighted by Crippen LogP contribution is -2.13. The van der Waals surface area contributed by atoms with Gasteiger partial charge in [0.1, 0.15) is 11.6 Å². The van der Waals surface area contributed by atoms with Crippen molar-refractivity contribution in [2.24, 2.45) is 0 Å². The number of carbonyl (C=O) groups excluding carboxylic acids is 1. The molecule has 1 saturated carbocycles. The van der Waals surface area contributed by atoms with Gasteiger partial charge in [-0.25, -0.2) is 4.39 Å². The predicted molar refractivity (Wildman–Crippen MR) is 88.4 cm³/mol. The van der Waals surface area contributed by atoms with Crippen molar-refractivity contribution in [3.05, 3.63) is 59.4 Å². The van der Waals surface area contributed by atoms with E-state index in [1.807, 2.05) is 12.1 Å². The van der Waals surface area contributed by atoms with Gasteiger partial charge in [-0.1, -0.05) is 12.1 Å². The Kier molecular flexibility index (Phi) is 4.60. The van der Waals surface area contributed by atoms with Crippen LogP contribution in [0.3, 0.4) is 0 Å². The quantitative estimate of drug-likeness (QED) is 0.888. The second kappa shape index (κ2) is 6.82. The lowest BCUT2D eigenvalue weighted by molar-refractivity contribution is 0.102. The fourth-order valence-electron chi connectivity index (χ4n) is 2.78. The first-order valence-electron chi connectivity index (χ1n) is 7.96. The molecule has 1 amide bonds. The first kappa shape index (κ1) is 15.5. The number of anilines is 1. The molecule has 0 bridgehead atoms. The highest BCUT2D eigenvalue weighted by Crippen LogP contribution is 2.26. The lowest BCUT2D eigenvalue weighted by atomic mass is 10.1. The van der Waals surface area contributed by atoms with E-state index >= 15 is 0 Å². The maximum atomic E-state index is 13.6. The molecule has 1 aliphatic rings. The average molecular weight is 313 g/mol. The van der Waals surface area contributed by atoms with Crippen molar-refractivity contribution in [3.8, 4) is 5.75 Å². The average Bonchev–Trinajstić information content (AvgIpc) is 3.03. The van der Waals surface area contributed by atoms with Gasteiger partial charge in [0.05, 0.1) is 6.10 Å². The summed E-state index contributed by atoms with van der Waals surface area (Å²) in [6.45, 7) is 1.67. The van der Waals surface area contributed by atoms with Crippen molar-refractivity contribution in [1.29, 1.82) is 0 Å². The van der Waals surface area contributed by atoms with Crippen LogP contribution in [0.15, 0.2) is 42.5 Å². The molecule has 0 radical (unpaired) electrons. The zero-order chi connectivity index (χ0) is 16.2. The van der Waals surface area contributed by atoms with Crippen LogP contribution in [0.4, 0.5) is 10.1 Å². The van der Waals surface area contributed by atoms with Gasteiger partial charge in [0.15, 0.2) is 0 Å². The Hall–Kier alpha value is -2.36. The zero-order valence-corrected chi connectivity index (χ0v) is 13.1. The molecule has 0 aromatic heterocycles. The molecule has 23 heavy (non-hydrogen) atoms. The Morgan fingerprint density at radius 3 is 2.70 bits per heavy atom. The van der Waals surface area contributed by atoms with Crippen molar-refractivity contribution in [2.45, 2.75) is 38.7 Å². The molecule has 4 heteroatoms. The summed E-state index contributed by atoms with van der Waals surface area (Å²) in [7, 11) is 0. The van der Waals surface area contributed by atoms with Crippen LogP contribution in [0.5, 0.6) is 5.75 Å². The number of nitrogens with one attached hydrogen (secondary N) is 1. The molecule has 0 atom stereocenters. The van der Waals surface area contributed by atoms with Gasteiger partial charge in [0, 0.05) is 17.3 Å². The van der Waals surface area contributed by atoms with Gasteiger partial charge in [0.2, 0.25) is 0 Å². The fraction of sp³-hybridized carbons (Fsp3) is 0.316. The maximum Gasteiger partial charge on any atom is 0.255 e. The van der Waals surface area contributed by atoms with E-state index in [9.17, 15) is 9.18 Å². The third kappa shape index (κ3) is 3.89. The minimum Gasteiger partial charge on any atom is -0.490 e. The summed E-state index contributed by atoms with van der Waals surface area (Å²) in [6, 6.07) is 11.8. The minimum atomic E-state index is -0.379. The van der Waals surface area contributed by atoms with Crippen molar-refractivity contribution < 1.29 is 13.9 Å². The molecule has 0 heterocycles. The molecule has 1 fully saturated rings. The van der Waals surface area contributed by atoms with Gasteiger partial charge in [-0.15, -0.1) is 0 Å². The van der Waals surface area contributed by atoms with Crippen LogP contribution in [0.2, 0.25) is 0 Å². The molecule has 3 nitrogen and oxygen atoms in total. The summed E-state index contributed by atoms with van der Waals surface area (Å²) in [5.74, 6) is 0.0441. The van der Waals surface area contributed by atoms with Crippen LogP contribution in [0.1, 0.15) is 41.6 Å². The largest absolute Gasteiger partial charge is 0.490 e. The van der Waals surface area contributed by atoms with Crippen molar-refractivity contribution in [1.82, 2.24) is 0 Å². The number of hydrogen-bond acceptors (Lipinski definition) is 2. The molecule has 2 aromatic rings. The molecule has 0 unspecified atom stereocenters. The summed E-state index contributed by atoms with van der Waals surface area (Å²) in [4.78, 5) is 12.2. The Labute approximate surface area is 135 Å². The lowest BCUT2D eigenvalue weighted by Gasteiger charge is -2.14. The summed E-state index contributed by atoms with van der Waals surface area (Å²) in [5.41, 5.74) is 1.47. The highest BCUT2D eigenvalue weighted by atomic mass is 19.1. The SMILES string of the molecule is Cc1ccc(C(=O)Nc2cccc(OC3CCCC3)c2)cc1F. The number of ether oxygens (including phenoxy) is 1. The Bertz CT molecular complexity index is 708. The van der Waals surface area contributed by atoms with Gasteiger partial charge < -0.3 is 10.1 Å². The summed E-state index contributed by atoms with van der Waals surface area (Å²) in [5, 5.41) is 2.78. The van der Waals surface area contributed by atoms with Crippen LogP contribution in [0, 0.1) is 12.7 Å². The zero-order valence-electron chi connectivity index (χ0n) is 13.1. The molecular formula is C19H20FNO2. The van der Waals surface area contributed by atoms with Gasteiger partial charge in [-0.2, -0.15) is 0 Å². The van der Waals surface area contributed by atoms with E-state index in [0.29, 0.717) is 16.8 Å². The highest BCUT2D eigenvalue weighted by Gasteiger charge is 2.16. The van der Waals surface area contributed by atoms with Crippen LogP contribution >= 0.6 is 0 Å². The molecule has 2 aromatic carbocycles.